The van der Waals surface area contributed by atoms with Crippen LogP contribution in [0.1, 0.15) is 16.1 Å². The van der Waals surface area contributed by atoms with Gasteiger partial charge in [0.25, 0.3) is 5.91 Å². The van der Waals surface area contributed by atoms with Gasteiger partial charge < -0.3 is 14.7 Å². The van der Waals surface area contributed by atoms with E-state index < -0.39 is 5.97 Å². The van der Waals surface area contributed by atoms with Gasteiger partial charge in [-0.15, -0.1) is 0 Å². The predicted octanol–water partition coefficient (Wildman–Crippen LogP) is -0.0983. The Labute approximate surface area is 105 Å². The molecule has 1 aromatic heterocycles. The summed E-state index contributed by atoms with van der Waals surface area (Å²) in [6.07, 6.45) is 1.58. The minimum atomic E-state index is -1.05. The van der Waals surface area contributed by atoms with E-state index >= 15 is 0 Å². The number of aromatic nitrogens is 2. The number of nitrogens with zero attached hydrogens (tertiary/aromatic N) is 3. The van der Waals surface area contributed by atoms with Crippen molar-refractivity contribution in [3.8, 4) is 0 Å². The van der Waals surface area contributed by atoms with E-state index in [1.807, 2.05) is 0 Å². The first-order chi connectivity index (χ1) is 8.45. The molecular formula is C11H17N3O4. The molecule has 7 nitrogen and oxygen atoms in total. The number of aliphatic carboxylic acids is 1. The zero-order valence-corrected chi connectivity index (χ0v) is 10.7. The fraction of sp³-hybridized carbons (Fsp3) is 0.545. The number of carbonyl (C=O) groups is 2. The van der Waals surface area contributed by atoms with E-state index in [0.29, 0.717) is 17.9 Å². The highest BCUT2D eigenvalue weighted by atomic mass is 16.5. The third kappa shape index (κ3) is 3.56. The molecule has 0 unspecified atom stereocenters. The lowest BCUT2D eigenvalue weighted by atomic mass is 10.2. The van der Waals surface area contributed by atoms with Crippen LogP contribution in [-0.4, -0.2) is 58.5 Å². The predicted molar refractivity (Wildman–Crippen MR) is 63.4 cm³/mol. The Morgan fingerprint density at radius 3 is 2.67 bits per heavy atom. The summed E-state index contributed by atoms with van der Waals surface area (Å²) >= 11 is 0. The third-order valence-corrected chi connectivity index (χ3v) is 2.42. The fourth-order valence-corrected chi connectivity index (χ4v) is 1.60. The number of hydrogen-bond donors (Lipinski definition) is 1. The molecule has 0 saturated carbocycles. The van der Waals surface area contributed by atoms with E-state index in [2.05, 4.69) is 5.10 Å². The highest BCUT2D eigenvalue weighted by molar-refractivity contribution is 5.96. The molecule has 0 spiro atoms. The summed E-state index contributed by atoms with van der Waals surface area (Å²) in [5.74, 6) is -1.40. The summed E-state index contributed by atoms with van der Waals surface area (Å²) in [4.78, 5) is 24.1. The number of carbonyl (C=O) groups excluding carboxylic acids is 1. The normalized spacial score (nSPS) is 10.4. The quantitative estimate of drug-likeness (QED) is 0.767. The molecule has 0 atom stereocenters. The lowest BCUT2D eigenvalue weighted by Gasteiger charge is -2.19. The first-order valence-electron chi connectivity index (χ1n) is 5.46. The summed E-state index contributed by atoms with van der Waals surface area (Å²) in [5, 5.41) is 12.9. The molecule has 18 heavy (non-hydrogen) atoms. The van der Waals surface area contributed by atoms with Gasteiger partial charge in [0.05, 0.1) is 17.9 Å². The van der Waals surface area contributed by atoms with Crippen LogP contribution >= 0.6 is 0 Å². The average molecular weight is 255 g/mol. The van der Waals surface area contributed by atoms with Crippen molar-refractivity contribution in [3.05, 3.63) is 17.5 Å². The first-order valence-corrected chi connectivity index (χ1v) is 5.46. The van der Waals surface area contributed by atoms with Crippen molar-refractivity contribution in [2.75, 3.05) is 26.8 Å². The highest BCUT2D eigenvalue weighted by Crippen LogP contribution is 2.09. The Hall–Kier alpha value is -1.89. The summed E-state index contributed by atoms with van der Waals surface area (Å²) in [7, 11) is 3.21. The second-order valence-electron chi connectivity index (χ2n) is 3.92. The second-order valence-corrected chi connectivity index (χ2v) is 3.92. The molecule has 1 rings (SSSR count). The van der Waals surface area contributed by atoms with E-state index in [-0.39, 0.29) is 19.0 Å². The molecule has 0 aliphatic heterocycles. The van der Waals surface area contributed by atoms with E-state index in [0.717, 1.165) is 0 Å². The second kappa shape index (κ2) is 6.15. The van der Waals surface area contributed by atoms with Gasteiger partial charge in [0.2, 0.25) is 0 Å². The van der Waals surface area contributed by atoms with Gasteiger partial charge in [-0.1, -0.05) is 0 Å². The van der Waals surface area contributed by atoms with Gasteiger partial charge in [0.1, 0.15) is 6.54 Å². The van der Waals surface area contributed by atoms with Crippen LogP contribution in [0, 0.1) is 6.92 Å². The van der Waals surface area contributed by atoms with Crippen LogP contribution in [0.4, 0.5) is 0 Å². The molecule has 1 amide bonds. The summed E-state index contributed by atoms with van der Waals surface area (Å²) in [5.41, 5.74) is 0.991. The van der Waals surface area contributed by atoms with Crippen molar-refractivity contribution in [2.24, 2.45) is 7.05 Å². The molecule has 0 radical (unpaired) electrons. The number of aryl methyl sites for hydroxylation is 2. The van der Waals surface area contributed by atoms with Crippen molar-refractivity contribution in [3.63, 3.8) is 0 Å². The third-order valence-electron chi connectivity index (χ3n) is 2.42. The van der Waals surface area contributed by atoms with Crippen LogP contribution in [0.3, 0.4) is 0 Å². The maximum Gasteiger partial charge on any atom is 0.323 e. The molecule has 0 aliphatic rings. The monoisotopic (exact) mass is 255 g/mol. The van der Waals surface area contributed by atoms with Crippen LogP contribution in [-0.2, 0) is 16.6 Å². The lowest BCUT2D eigenvalue weighted by molar-refractivity contribution is -0.137. The maximum atomic E-state index is 12.2. The summed E-state index contributed by atoms with van der Waals surface area (Å²) < 4.78 is 6.39. The Bertz CT molecular complexity index is 441. The topological polar surface area (TPSA) is 84.7 Å². The Morgan fingerprint density at radius 2 is 2.22 bits per heavy atom. The van der Waals surface area contributed by atoms with Crippen LogP contribution in [0.5, 0.6) is 0 Å². The number of carboxylic acid groups (broad SMARTS) is 1. The number of rotatable bonds is 6. The van der Waals surface area contributed by atoms with Gasteiger partial charge in [0.15, 0.2) is 0 Å². The molecule has 0 bridgehead atoms. The molecule has 0 fully saturated rings. The van der Waals surface area contributed by atoms with Crippen molar-refractivity contribution in [1.82, 2.24) is 14.7 Å². The van der Waals surface area contributed by atoms with Crippen LogP contribution in [0.15, 0.2) is 6.20 Å². The van der Waals surface area contributed by atoms with Gasteiger partial charge >= 0.3 is 5.97 Å². The number of methoxy groups -OCH3 is 1. The molecule has 0 aliphatic carbocycles. The molecule has 1 N–H and O–H groups in total. The van der Waals surface area contributed by atoms with Gasteiger partial charge in [-0.25, -0.2) is 0 Å². The molecule has 1 heterocycles. The highest BCUT2D eigenvalue weighted by Gasteiger charge is 2.21. The van der Waals surface area contributed by atoms with E-state index in [1.54, 1.807) is 20.2 Å². The molecule has 0 aromatic carbocycles. The van der Waals surface area contributed by atoms with Gasteiger partial charge in [0, 0.05) is 26.9 Å². The van der Waals surface area contributed by atoms with Gasteiger partial charge in [-0.05, 0) is 6.92 Å². The minimum Gasteiger partial charge on any atom is -0.480 e. The van der Waals surface area contributed by atoms with Crippen LogP contribution in [0.2, 0.25) is 0 Å². The fourth-order valence-electron chi connectivity index (χ4n) is 1.60. The zero-order chi connectivity index (χ0) is 13.7. The molecule has 7 heteroatoms. The summed E-state index contributed by atoms with van der Waals surface area (Å²) in [6, 6.07) is 0. The van der Waals surface area contributed by atoms with Crippen molar-refractivity contribution >= 4 is 11.9 Å². The zero-order valence-electron chi connectivity index (χ0n) is 10.7. The number of amides is 1. The number of carboxylic acids is 1. The van der Waals surface area contributed by atoms with Crippen molar-refractivity contribution in [1.29, 1.82) is 0 Å². The molecular weight excluding hydrogens is 238 g/mol. The van der Waals surface area contributed by atoms with E-state index in [4.69, 9.17) is 9.84 Å². The van der Waals surface area contributed by atoms with E-state index in [9.17, 15) is 9.59 Å². The molecule has 0 saturated heterocycles. The van der Waals surface area contributed by atoms with E-state index in [1.165, 1.54) is 16.7 Å². The average Bonchev–Trinajstić information content (AvgIpc) is 2.62. The number of hydrogen-bond acceptors (Lipinski definition) is 4. The first kappa shape index (κ1) is 14.2. The maximum absolute atomic E-state index is 12.2. The van der Waals surface area contributed by atoms with Crippen LogP contribution in [0.25, 0.3) is 0 Å². The number of ether oxygens (including phenoxy) is 1. The van der Waals surface area contributed by atoms with Crippen LogP contribution < -0.4 is 0 Å². The minimum absolute atomic E-state index is 0.232. The van der Waals surface area contributed by atoms with Crippen molar-refractivity contribution in [2.45, 2.75) is 6.92 Å². The Kier molecular flexibility index (Phi) is 4.85. The lowest BCUT2D eigenvalue weighted by Crippen LogP contribution is -2.38. The van der Waals surface area contributed by atoms with Gasteiger partial charge in [-0.2, -0.15) is 5.10 Å². The van der Waals surface area contributed by atoms with Crippen molar-refractivity contribution < 1.29 is 19.4 Å². The standard InChI is InChI=1S/C11H17N3O4/c1-8-9(6-13(2)12-8)11(17)14(4-5-18-3)7-10(15)16/h6H,4-5,7H2,1-3H3,(H,15,16). The Morgan fingerprint density at radius 1 is 1.56 bits per heavy atom. The molecule has 1 aromatic rings. The largest absolute Gasteiger partial charge is 0.480 e. The van der Waals surface area contributed by atoms with Gasteiger partial charge in [-0.3, -0.25) is 14.3 Å². The Balaban J connectivity index is 2.87. The smallest absolute Gasteiger partial charge is 0.323 e. The SMILES string of the molecule is COCCN(CC(=O)O)C(=O)c1cn(C)nc1C. The molecule has 100 valence electrons. The summed E-state index contributed by atoms with van der Waals surface area (Å²) in [6.45, 7) is 1.88.